The summed E-state index contributed by atoms with van der Waals surface area (Å²) < 4.78 is 13.8. The number of para-hydroxylation sites is 1. The maximum Gasteiger partial charge on any atom is 0.146 e. The van der Waals surface area contributed by atoms with E-state index in [1.165, 1.54) is 25.3 Å². The van der Waals surface area contributed by atoms with Crippen LogP contribution in [0.15, 0.2) is 24.3 Å². The molecule has 0 radical (unpaired) electrons. The summed E-state index contributed by atoms with van der Waals surface area (Å²) >= 11 is 0. The van der Waals surface area contributed by atoms with Crippen molar-refractivity contribution in [2.45, 2.75) is 31.7 Å². The van der Waals surface area contributed by atoms with Crippen molar-refractivity contribution >= 4 is 5.69 Å². The molecule has 2 unspecified atom stereocenters. The van der Waals surface area contributed by atoms with Crippen LogP contribution in [0.2, 0.25) is 0 Å². The highest BCUT2D eigenvalue weighted by Crippen LogP contribution is 2.38. The third kappa shape index (κ3) is 2.66. The average molecular weight is 248 g/mol. The largest absolute Gasteiger partial charge is 0.367 e. The molecule has 0 bridgehead atoms. The quantitative estimate of drug-likeness (QED) is 0.891. The molecule has 0 aromatic heterocycles. The number of hydrogen-bond acceptors (Lipinski definition) is 2. The number of benzene rings is 1. The van der Waals surface area contributed by atoms with Crippen molar-refractivity contribution < 1.29 is 4.39 Å². The fourth-order valence-electron chi connectivity index (χ4n) is 3.15. The van der Waals surface area contributed by atoms with Gasteiger partial charge < -0.3 is 10.6 Å². The molecule has 1 aromatic rings. The molecule has 1 heterocycles. The van der Waals surface area contributed by atoms with E-state index in [-0.39, 0.29) is 11.9 Å². The van der Waals surface area contributed by atoms with Crippen molar-refractivity contribution in [3.05, 3.63) is 30.1 Å². The van der Waals surface area contributed by atoms with Gasteiger partial charge in [-0.3, -0.25) is 0 Å². The Kier molecular flexibility index (Phi) is 3.25. The van der Waals surface area contributed by atoms with E-state index in [0.29, 0.717) is 11.6 Å². The second-order valence-electron chi connectivity index (χ2n) is 5.90. The van der Waals surface area contributed by atoms with Gasteiger partial charge in [-0.25, -0.2) is 4.39 Å². The van der Waals surface area contributed by atoms with E-state index < -0.39 is 0 Å². The number of piperidine rings is 1. The predicted molar refractivity (Wildman–Crippen MR) is 72.0 cm³/mol. The van der Waals surface area contributed by atoms with Crippen LogP contribution < -0.4 is 10.6 Å². The van der Waals surface area contributed by atoms with Crippen LogP contribution in [0.4, 0.5) is 10.1 Å². The van der Waals surface area contributed by atoms with Gasteiger partial charge in [0.05, 0.1) is 5.69 Å². The number of anilines is 1. The highest BCUT2D eigenvalue weighted by atomic mass is 19.1. The van der Waals surface area contributed by atoms with E-state index in [2.05, 4.69) is 4.90 Å². The van der Waals surface area contributed by atoms with Gasteiger partial charge >= 0.3 is 0 Å². The zero-order chi connectivity index (χ0) is 12.5. The normalized spacial score (nSPS) is 28.4. The molecule has 2 fully saturated rings. The molecule has 1 aliphatic heterocycles. The molecule has 3 heteroatoms. The van der Waals surface area contributed by atoms with Crippen molar-refractivity contribution in [2.75, 3.05) is 18.0 Å². The highest BCUT2D eigenvalue weighted by molar-refractivity contribution is 5.48. The van der Waals surface area contributed by atoms with Gasteiger partial charge in [-0.15, -0.1) is 0 Å². The molecule has 0 spiro atoms. The first-order valence-electron chi connectivity index (χ1n) is 6.97. The van der Waals surface area contributed by atoms with Crippen molar-refractivity contribution in [3.63, 3.8) is 0 Å². The smallest absolute Gasteiger partial charge is 0.146 e. The van der Waals surface area contributed by atoms with E-state index in [9.17, 15) is 4.39 Å². The maximum atomic E-state index is 13.8. The topological polar surface area (TPSA) is 29.3 Å². The van der Waals surface area contributed by atoms with E-state index in [1.54, 1.807) is 6.07 Å². The van der Waals surface area contributed by atoms with Gasteiger partial charge in [-0.05, 0) is 36.8 Å². The lowest BCUT2D eigenvalue weighted by Crippen LogP contribution is -2.47. The fraction of sp³-hybridized carbons (Fsp3) is 0.600. The molecule has 18 heavy (non-hydrogen) atoms. The Balaban J connectivity index is 1.72. The first-order valence-corrected chi connectivity index (χ1v) is 6.97. The number of nitrogens with zero attached hydrogens (tertiary/aromatic N) is 1. The minimum absolute atomic E-state index is 0.128. The van der Waals surface area contributed by atoms with Crippen molar-refractivity contribution in [2.24, 2.45) is 17.6 Å². The molecule has 1 saturated carbocycles. The van der Waals surface area contributed by atoms with Gasteiger partial charge in [0, 0.05) is 19.1 Å². The first-order chi connectivity index (χ1) is 8.72. The minimum atomic E-state index is -0.128. The van der Waals surface area contributed by atoms with Gasteiger partial charge in [0.25, 0.3) is 0 Å². The summed E-state index contributed by atoms with van der Waals surface area (Å²) in [5, 5.41) is 0. The van der Waals surface area contributed by atoms with Crippen molar-refractivity contribution in [3.8, 4) is 0 Å². The Morgan fingerprint density at radius 3 is 2.67 bits per heavy atom. The van der Waals surface area contributed by atoms with Crippen LogP contribution in [0, 0.1) is 17.7 Å². The van der Waals surface area contributed by atoms with Crippen LogP contribution in [0.5, 0.6) is 0 Å². The lowest BCUT2D eigenvalue weighted by molar-refractivity contribution is 0.342. The molecule has 0 amide bonds. The van der Waals surface area contributed by atoms with Gasteiger partial charge in [0.1, 0.15) is 5.82 Å². The zero-order valence-electron chi connectivity index (χ0n) is 10.7. The predicted octanol–water partition coefficient (Wildman–Crippen LogP) is 2.78. The SMILES string of the molecule is NC1CC(CC2CC2)CN(c2ccccc2F)C1. The summed E-state index contributed by atoms with van der Waals surface area (Å²) in [6.07, 6.45) is 5.14. The van der Waals surface area contributed by atoms with Crippen molar-refractivity contribution in [1.29, 1.82) is 0 Å². The molecular formula is C15H21FN2. The molecular weight excluding hydrogens is 227 g/mol. The van der Waals surface area contributed by atoms with Gasteiger partial charge in [-0.1, -0.05) is 25.0 Å². The molecule has 2 nitrogen and oxygen atoms in total. The average Bonchev–Trinajstić information content (AvgIpc) is 3.12. The Hall–Kier alpha value is -1.09. The second-order valence-corrected chi connectivity index (χ2v) is 5.90. The van der Waals surface area contributed by atoms with Crippen LogP contribution in [-0.2, 0) is 0 Å². The lowest BCUT2D eigenvalue weighted by atomic mass is 9.90. The summed E-state index contributed by atoms with van der Waals surface area (Å²) in [5.41, 5.74) is 6.85. The molecule has 1 saturated heterocycles. The first kappa shape index (κ1) is 12.0. The van der Waals surface area contributed by atoms with Crippen LogP contribution in [0.3, 0.4) is 0 Å². The summed E-state index contributed by atoms with van der Waals surface area (Å²) in [4.78, 5) is 2.14. The number of hydrogen-bond donors (Lipinski definition) is 1. The Labute approximate surface area is 108 Å². The summed E-state index contributed by atoms with van der Waals surface area (Å²) in [6.45, 7) is 1.74. The van der Waals surface area contributed by atoms with Crippen molar-refractivity contribution in [1.82, 2.24) is 0 Å². The molecule has 1 aliphatic carbocycles. The zero-order valence-corrected chi connectivity index (χ0v) is 10.7. The molecule has 2 N–H and O–H groups in total. The molecule has 2 aliphatic rings. The van der Waals surface area contributed by atoms with Gasteiger partial charge in [-0.2, -0.15) is 0 Å². The molecule has 2 atom stereocenters. The second kappa shape index (κ2) is 4.88. The molecule has 98 valence electrons. The fourth-order valence-corrected chi connectivity index (χ4v) is 3.15. The standard InChI is InChI=1S/C15H21FN2/c16-14-3-1-2-4-15(14)18-9-12(7-11-5-6-11)8-13(17)10-18/h1-4,11-13H,5-10,17H2. The lowest BCUT2D eigenvalue weighted by Gasteiger charge is -2.38. The Morgan fingerprint density at radius 2 is 1.94 bits per heavy atom. The summed E-state index contributed by atoms with van der Waals surface area (Å²) in [5.74, 6) is 1.43. The molecule has 3 rings (SSSR count). The highest BCUT2D eigenvalue weighted by Gasteiger charge is 2.31. The van der Waals surface area contributed by atoms with Crippen LogP contribution in [0.1, 0.15) is 25.7 Å². The maximum absolute atomic E-state index is 13.8. The minimum Gasteiger partial charge on any atom is -0.367 e. The Bertz CT molecular complexity index is 415. The number of nitrogens with two attached hydrogens (primary N) is 1. The van der Waals surface area contributed by atoms with E-state index >= 15 is 0 Å². The van der Waals surface area contributed by atoms with Crippen LogP contribution in [0.25, 0.3) is 0 Å². The summed E-state index contributed by atoms with van der Waals surface area (Å²) in [7, 11) is 0. The van der Waals surface area contributed by atoms with Gasteiger partial charge in [0.2, 0.25) is 0 Å². The van der Waals surface area contributed by atoms with E-state index in [4.69, 9.17) is 5.73 Å². The molecule has 1 aromatic carbocycles. The van der Waals surface area contributed by atoms with E-state index in [1.807, 2.05) is 12.1 Å². The number of halogens is 1. The monoisotopic (exact) mass is 248 g/mol. The van der Waals surface area contributed by atoms with Crippen LogP contribution >= 0.6 is 0 Å². The summed E-state index contributed by atoms with van der Waals surface area (Å²) in [6, 6.07) is 7.22. The van der Waals surface area contributed by atoms with E-state index in [0.717, 1.165) is 25.4 Å². The van der Waals surface area contributed by atoms with Crippen LogP contribution in [-0.4, -0.2) is 19.1 Å². The third-order valence-electron chi connectivity index (χ3n) is 4.13. The van der Waals surface area contributed by atoms with Gasteiger partial charge in [0.15, 0.2) is 0 Å². The third-order valence-corrected chi connectivity index (χ3v) is 4.13. The Morgan fingerprint density at radius 1 is 1.17 bits per heavy atom. The number of rotatable bonds is 3.